The molecule has 114 valence electrons. The fraction of sp³-hybridized carbons (Fsp3) is 0.188. The Morgan fingerprint density at radius 1 is 1.27 bits per heavy atom. The molecule has 0 aromatic heterocycles. The van der Waals surface area contributed by atoms with Crippen molar-refractivity contribution in [2.45, 2.75) is 19.3 Å². The first kappa shape index (κ1) is 15.5. The molecule has 2 aromatic rings. The van der Waals surface area contributed by atoms with Gasteiger partial charge >= 0.3 is 5.97 Å². The predicted octanol–water partition coefficient (Wildman–Crippen LogP) is 2.90. The van der Waals surface area contributed by atoms with E-state index < -0.39 is 16.8 Å². The fourth-order valence-corrected chi connectivity index (χ4v) is 2.29. The second-order valence-electron chi connectivity index (χ2n) is 5.14. The molecule has 6 nitrogen and oxygen atoms in total. The molecule has 0 heterocycles. The highest BCUT2D eigenvalue weighted by atomic mass is 16.6. The second-order valence-corrected chi connectivity index (χ2v) is 5.14. The van der Waals surface area contributed by atoms with Gasteiger partial charge in [-0.3, -0.25) is 14.9 Å². The summed E-state index contributed by atoms with van der Waals surface area (Å²) in [4.78, 5) is 22.0. The number of anilines is 1. The van der Waals surface area contributed by atoms with Crippen molar-refractivity contribution >= 4 is 17.3 Å². The van der Waals surface area contributed by atoms with E-state index in [1.165, 1.54) is 6.07 Å². The molecular formula is C16H16N2O4. The number of aryl methyl sites for hydroxylation is 1. The van der Waals surface area contributed by atoms with Crippen LogP contribution < -0.4 is 5.73 Å². The van der Waals surface area contributed by atoms with Crippen molar-refractivity contribution in [3.05, 3.63) is 69.3 Å². The highest BCUT2D eigenvalue weighted by Gasteiger charge is 2.21. The van der Waals surface area contributed by atoms with Crippen LogP contribution in [-0.4, -0.2) is 16.0 Å². The molecule has 0 saturated carbocycles. The maximum Gasteiger partial charge on any atom is 0.311 e. The van der Waals surface area contributed by atoms with E-state index in [1.54, 1.807) is 43.3 Å². The number of carboxylic acid groups (broad SMARTS) is 1. The highest BCUT2D eigenvalue weighted by molar-refractivity contribution is 5.76. The van der Waals surface area contributed by atoms with E-state index >= 15 is 0 Å². The minimum Gasteiger partial charge on any atom is -0.481 e. The number of hydrogen-bond donors (Lipinski definition) is 2. The number of benzene rings is 2. The Morgan fingerprint density at radius 3 is 2.45 bits per heavy atom. The first-order valence-electron chi connectivity index (χ1n) is 6.70. The van der Waals surface area contributed by atoms with Gasteiger partial charge in [-0.2, -0.15) is 0 Å². The molecule has 22 heavy (non-hydrogen) atoms. The summed E-state index contributed by atoms with van der Waals surface area (Å²) in [5.74, 6) is -1.75. The molecule has 0 aliphatic heterocycles. The molecule has 0 radical (unpaired) electrons. The molecular weight excluding hydrogens is 284 g/mol. The van der Waals surface area contributed by atoms with Crippen molar-refractivity contribution < 1.29 is 14.8 Å². The molecule has 6 heteroatoms. The zero-order valence-electron chi connectivity index (χ0n) is 12.0. The highest BCUT2D eigenvalue weighted by Crippen LogP contribution is 2.26. The Bertz CT molecular complexity index is 711. The van der Waals surface area contributed by atoms with Gasteiger partial charge in [0.05, 0.1) is 10.8 Å². The minimum atomic E-state index is -0.979. The van der Waals surface area contributed by atoms with Gasteiger partial charge in [-0.05, 0) is 36.6 Å². The summed E-state index contributed by atoms with van der Waals surface area (Å²) in [7, 11) is 0. The molecule has 2 rings (SSSR count). The van der Waals surface area contributed by atoms with Crippen LogP contribution in [-0.2, 0) is 11.2 Å². The van der Waals surface area contributed by atoms with E-state index in [4.69, 9.17) is 5.73 Å². The number of carboxylic acids is 1. The van der Waals surface area contributed by atoms with Crippen LogP contribution in [0.25, 0.3) is 0 Å². The van der Waals surface area contributed by atoms with Gasteiger partial charge in [0.2, 0.25) is 0 Å². The third-order valence-corrected chi connectivity index (χ3v) is 3.55. The Hall–Kier alpha value is -2.89. The van der Waals surface area contributed by atoms with Crippen LogP contribution in [0.2, 0.25) is 0 Å². The van der Waals surface area contributed by atoms with Crippen molar-refractivity contribution in [1.82, 2.24) is 0 Å². The summed E-state index contributed by atoms with van der Waals surface area (Å²) in [6.45, 7) is 1.65. The predicted molar refractivity (Wildman–Crippen MR) is 82.8 cm³/mol. The first-order valence-corrected chi connectivity index (χ1v) is 6.70. The van der Waals surface area contributed by atoms with Gasteiger partial charge in [0.25, 0.3) is 5.69 Å². The summed E-state index contributed by atoms with van der Waals surface area (Å²) in [6, 6.07) is 11.4. The Labute approximate surface area is 127 Å². The molecule has 0 amide bonds. The smallest absolute Gasteiger partial charge is 0.311 e. The molecule has 0 bridgehead atoms. The summed E-state index contributed by atoms with van der Waals surface area (Å²) < 4.78 is 0. The van der Waals surface area contributed by atoms with Gasteiger partial charge in [-0.25, -0.2) is 0 Å². The molecule has 1 unspecified atom stereocenters. The number of nitrogens with two attached hydrogens (primary N) is 1. The molecule has 0 aliphatic carbocycles. The van der Waals surface area contributed by atoms with E-state index in [-0.39, 0.29) is 12.1 Å². The monoisotopic (exact) mass is 300 g/mol. The third-order valence-electron chi connectivity index (χ3n) is 3.55. The maximum absolute atomic E-state index is 11.5. The first-order chi connectivity index (χ1) is 10.4. The number of nitrogen functional groups attached to an aromatic ring is 1. The number of carbonyl (C=O) groups is 1. The third kappa shape index (κ3) is 3.41. The molecule has 3 N–H and O–H groups in total. The molecule has 0 fully saturated rings. The van der Waals surface area contributed by atoms with Crippen LogP contribution in [0.1, 0.15) is 22.6 Å². The molecule has 0 spiro atoms. The number of rotatable bonds is 5. The standard InChI is InChI=1S/C16H16N2O4/c1-10-2-3-11(9-15(10)18(21)22)8-14(16(19)20)12-4-6-13(17)7-5-12/h2-7,9,14H,8,17H2,1H3,(H,19,20). The van der Waals surface area contributed by atoms with Crippen LogP contribution in [0.3, 0.4) is 0 Å². The van der Waals surface area contributed by atoms with E-state index in [0.717, 1.165) is 0 Å². The van der Waals surface area contributed by atoms with Gasteiger partial charge in [-0.1, -0.05) is 24.3 Å². The van der Waals surface area contributed by atoms with Gasteiger partial charge in [0.15, 0.2) is 0 Å². The topological polar surface area (TPSA) is 106 Å². The lowest BCUT2D eigenvalue weighted by molar-refractivity contribution is -0.385. The zero-order chi connectivity index (χ0) is 16.3. The molecule has 0 aliphatic rings. The number of hydrogen-bond acceptors (Lipinski definition) is 4. The number of aliphatic carboxylic acids is 1. The Kier molecular flexibility index (Phi) is 4.41. The van der Waals surface area contributed by atoms with Gasteiger partial charge in [0.1, 0.15) is 0 Å². The van der Waals surface area contributed by atoms with Crippen molar-refractivity contribution in [2.75, 3.05) is 5.73 Å². The van der Waals surface area contributed by atoms with Crippen molar-refractivity contribution in [3.63, 3.8) is 0 Å². The van der Waals surface area contributed by atoms with Crippen LogP contribution in [0.5, 0.6) is 0 Å². The lowest BCUT2D eigenvalue weighted by atomic mass is 9.91. The number of nitro benzene ring substituents is 1. The lowest BCUT2D eigenvalue weighted by Crippen LogP contribution is -2.14. The normalized spacial score (nSPS) is 11.9. The van der Waals surface area contributed by atoms with E-state index in [0.29, 0.717) is 22.4 Å². The van der Waals surface area contributed by atoms with Gasteiger partial charge in [0, 0.05) is 17.3 Å². The van der Waals surface area contributed by atoms with E-state index in [9.17, 15) is 20.0 Å². The van der Waals surface area contributed by atoms with Gasteiger partial charge in [-0.15, -0.1) is 0 Å². The number of nitrogens with zero attached hydrogens (tertiary/aromatic N) is 1. The Morgan fingerprint density at radius 2 is 1.91 bits per heavy atom. The zero-order valence-corrected chi connectivity index (χ0v) is 12.0. The average molecular weight is 300 g/mol. The van der Waals surface area contributed by atoms with Crippen molar-refractivity contribution in [3.8, 4) is 0 Å². The van der Waals surface area contributed by atoms with Crippen molar-refractivity contribution in [2.24, 2.45) is 0 Å². The Balaban J connectivity index is 2.32. The van der Waals surface area contributed by atoms with Crippen molar-refractivity contribution in [1.29, 1.82) is 0 Å². The van der Waals surface area contributed by atoms with Crippen LogP contribution >= 0.6 is 0 Å². The lowest BCUT2D eigenvalue weighted by Gasteiger charge is -2.13. The molecule has 1 atom stereocenters. The summed E-state index contributed by atoms with van der Waals surface area (Å²) in [6.07, 6.45) is 0.181. The van der Waals surface area contributed by atoms with Crippen LogP contribution in [0, 0.1) is 17.0 Å². The average Bonchev–Trinajstić information content (AvgIpc) is 2.47. The minimum absolute atomic E-state index is 0.000977. The largest absolute Gasteiger partial charge is 0.481 e. The SMILES string of the molecule is Cc1ccc(CC(C(=O)O)c2ccc(N)cc2)cc1[N+](=O)[O-]. The van der Waals surface area contributed by atoms with Gasteiger partial charge < -0.3 is 10.8 Å². The summed E-state index contributed by atoms with van der Waals surface area (Å²) in [5.41, 5.74) is 7.93. The second kappa shape index (κ2) is 6.26. The quantitative estimate of drug-likeness (QED) is 0.501. The van der Waals surface area contributed by atoms with E-state index in [2.05, 4.69) is 0 Å². The van der Waals surface area contributed by atoms with Crippen LogP contribution in [0.4, 0.5) is 11.4 Å². The maximum atomic E-state index is 11.5. The van der Waals surface area contributed by atoms with E-state index in [1.807, 2.05) is 0 Å². The van der Waals surface area contributed by atoms with Crippen LogP contribution in [0.15, 0.2) is 42.5 Å². The summed E-state index contributed by atoms with van der Waals surface area (Å²) >= 11 is 0. The molecule has 0 saturated heterocycles. The summed E-state index contributed by atoms with van der Waals surface area (Å²) in [5, 5.41) is 20.4. The molecule has 2 aromatic carbocycles. The number of nitro groups is 1. The fourth-order valence-electron chi connectivity index (χ4n) is 2.29.